The van der Waals surface area contributed by atoms with E-state index < -0.39 is 0 Å². The Hall–Kier alpha value is -1.64. The van der Waals surface area contributed by atoms with Crippen LogP contribution in [0.25, 0.3) is 0 Å². The first kappa shape index (κ1) is 13.8. The molecule has 102 valence electrons. The summed E-state index contributed by atoms with van der Waals surface area (Å²) in [5.74, 6) is 0.705. The first-order chi connectivity index (χ1) is 9.19. The SMILES string of the molecule is Cc1ccc(C#N)c(NCCN2CCN(C)CC2)n1. The molecule has 1 aromatic rings. The van der Waals surface area contributed by atoms with E-state index in [2.05, 4.69) is 33.2 Å². The molecule has 0 aromatic carbocycles. The summed E-state index contributed by atoms with van der Waals surface area (Å²) < 4.78 is 0. The molecule has 0 aliphatic carbocycles. The molecule has 1 aromatic heterocycles. The van der Waals surface area contributed by atoms with Crippen molar-refractivity contribution in [3.05, 3.63) is 23.4 Å². The summed E-state index contributed by atoms with van der Waals surface area (Å²) in [6.07, 6.45) is 0. The molecule has 0 saturated carbocycles. The molecule has 19 heavy (non-hydrogen) atoms. The standard InChI is InChI=1S/C14H21N5/c1-12-3-4-13(11-15)14(17-12)16-5-6-19-9-7-18(2)8-10-19/h3-4H,5-10H2,1-2H3,(H,16,17). The van der Waals surface area contributed by atoms with Crippen LogP contribution in [0.3, 0.4) is 0 Å². The van der Waals surface area contributed by atoms with Crippen LogP contribution in [0.5, 0.6) is 0 Å². The van der Waals surface area contributed by atoms with E-state index in [-0.39, 0.29) is 0 Å². The first-order valence-corrected chi connectivity index (χ1v) is 6.71. The van der Waals surface area contributed by atoms with Crippen LogP contribution in [0.2, 0.25) is 0 Å². The maximum Gasteiger partial charge on any atom is 0.144 e. The van der Waals surface area contributed by atoms with E-state index in [1.54, 1.807) is 0 Å². The third kappa shape index (κ3) is 3.91. The third-order valence-corrected chi connectivity index (χ3v) is 3.47. The fourth-order valence-corrected chi connectivity index (χ4v) is 2.19. The van der Waals surface area contributed by atoms with Gasteiger partial charge in [0.1, 0.15) is 11.9 Å². The van der Waals surface area contributed by atoms with Crippen LogP contribution in [0.4, 0.5) is 5.82 Å². The van der Waals surface area contributed by atoms with Crippen LogP contribution in [0, 0.1) is 18.3 Å². The van der Waals surface area contributed by atoms with E-state index in [0.29, 0.717) is 11.4 Å². The summed E-state index contributed by atoms with van der Waals surface area (Å²) in [6, 6.07) is 5.86. The van der Waals surface area contributed by atoms with Gasteiger partial charge in [0.05, 0.1) is 5.56 Å². The topological polar surface area (TPSA) is 55.2 Å². The van der Waals surface area contributed by atoms with Gasteiger partial charge in [-0.25, -0.2) is 4.98 Å². The van der Waals surface area contributed by atoms with Crippen LogP contribution in [-0.2, 0) is 0 Å². The van der Waals surface area contributed by atoms with Crippen LogP contribution in [-0.4, -0.2) is 61.1 Å². The number of aryl methyl sites for hydroxylation is 1. The van der Waals surface area contributed by atoms with Crippen LogP contribution in [0.15, 0.2) is 12.1 Å². The number of pyridine rings is 1. The van der Waals surface area contributed by atoms with E-state index in [1.165, 1.54) is 0 Å². The second-order valence-electron chi connectivity index (χ2n) is 5.03. The smallest absolute Gasteiger partial charge is 0.144 e. The molecule has 2 rings (SSSR count). The molecule has 0 amide bonds. The Balaban J connectivity index is 1.83. The Morgan fingerprint density at radius 2 is 2.05 bits per heavy atom. The van der Waals surface area contributed by atoms with Crippen LogP contribution in [0.1, 0.15) is 11.3 Å². The molecule has 0 bridgehead atoms. The van der Waals surface area contributed by atoms with E-state index >= 15 is 0 Å². The van der Waals surface area contributed by atoms with Crippen molar-refractivity contribution in [2.75, 3.05) is 51.6 Å². The molecule has 1 saturated heterocycles. The zero-order valence-corrected chi connectivity index (χ0v) is 11.7. The lowest BCUT2D eigenvalue weighted by atomic mass is 10.2. The quantitative estimate of drug-likeness (QED) is 0.871. The van der Waals surface area contributed by atoms with Gasteiger partial charge >= 0.3 is 0 Å². The van der Waals surface area contributed by atoms with Gasteiger partial charge < -0.3 is 10.2 Å². The van der Waals surface area contributed by atoms with Crippen molar-refractivity contribution >= 4 is 5.82 Å². The highest BCUT2D eigenvalue weighted by Crippen LogP contribution is 2.11. The summed E-state index contributed by atoms with van der Waals surface area (Å²) >= 11 is 0. The third-order valence-electron chi connectivity index (χ3n) is 3.47. The van der Waals surface area contributed by atoms with Crippen molar-refractivity contribution in [1.29, 1.82) is 5.26 Å². The highest BCUT2D eigenvalue weighted by atomic mass is 15.2. The Kier molecular flexibility index (Phi) is 4.72. The second-order valence-corrected chi connectivity index (χ2v) is 5.03. The van der Waals surface area contributed by atoms with Crippen molar-refractivity contribution in [1.82, 2.24) is 14.8 Å². The first-order valence-electron chi connectivity index (χ1n) is 6.71. The van der Waals surface area contributed by atoms with E-state index in [1.807, 2.05) is 19.1 Å². The summed E-state index contributed by atoms with van der Waals surface area (Å²) in [5, 5.41) is 12.3. The monoisotopic (exact) mass is 259 g/mol. The lowest BCUT2D eigenvalue weighted by molar-refractivity contribution is 0.158. The van der Waals surface area contributed by atoms with Crippen molar-refractivity contribution < 1.29 is 0 Å². The van der Waals surface area contributed by atoms with Crippen molar-refractivity contribution in [2.24, 2.45) is 0 Å². The van der Waals surface area contributed by atoms with Crippen molar-refractivity contribution in [3.63, 3.8) is 0 Å². The zero-order chi connectivity index (χ0) is 13.7. The fourth-order valence-electron chi connectivity index (χ4n) is 2.19. The average molecular weight is 259 g/mol. The molecule has 1 aliphatic rings. The predicted molar refractivity (Wildman–Crippen MR) is 76.1 cm³/mol. The highest BCUT2D eigenvalue weighted by Gasteiger charge is 2.13. The largest absolute Gasteiger partial charge is 0.368 e. The van der Waals surface area contributed by atoms with Gasteiger partial charge in [-0.3, -0.25) is 4.90 Å². The zero-order valence-electron chi connectivity index (χ0n) is 11.7. The van der Waals surface area contributed by atoms with Gasteiger partial charge in [0.2, 0.25) is 0 Å². The van der Waals surface area contributed by atoms with Gasteiger partial charge in [0, 0.05) is 45.0 Å². The lowest BCUT2D eigenvalue weighted by Crippen LogP contribution is -2.45. The molecule has 0 radical (unpaired) electrons. The minimum Gasteiger partial charge on any atom is -0.368 e. The molecule has 1 fully saturated rings. The van der Waals surface area contributed by atoms with Gasteiger partial charge in [0.15, 0.2) is 0 Å². The number of hydrogen-bond acceptors (Lipinski definition) is 5. The second kappa shape index (κ2) is 6.50. The number of hydrogen-bond donors (Lipinski definition) is 1. The molecular formula is C14H21N5. The Labute approximate surface area is 114 Å². The Bertz CT molecular complexity index is 457. The van der Waals surface area contributed by atoms with Gasteiger partial charge in [-0.1, -0.05) is 0 Å². The molecule has 0 spiro atoms. The normalized spacial score (nSPS) is 17.1. The van der Waals surface area contributed by atoms with Crippen LogP contribution >= 0.6 is 0 Å². The molecule has 5 heteroatoms. The maximum atomic E-state index is 9.04. The lowest BCUT2D eigenvalue weighted by Gasteiger charge is -2.32. The average Bonchev–Trinajstić information content (AvgIpc) is 2.41. The summed E-state index contributed by atoms with van der Waals surface area (Å²) in [4.78, 5) is 9.16. The number of rotatable bonds is 4. The molecular weight excluding hydrogens is 238 g/mol. The Morgan fingerprint density at radius 3 is 2.74 bits per heavy atom. The number of anilines is 1. The number of nitrogens with one attached hydrogen (secondary N) is 1. The van der Waals surface area contributed by atoms with Gasteiger partial charge in [-0.2, -0.15) is 5.26 Å². The molecule has 1 N–H and O–H groups in total. The van der Waals surface area contributed by atoms with E-state index in [0.717, 1.165) is 45.0 Å². The summed E-state index contributed by atoms with van der Waals surface area (Å²) in [7, 11) is 2.16. The van der Waals surface area contributed by atoms with Crippen molar-refractivity contribution in [3.8, 4) is 6.07 Å². The van der Waals surface area contributed by atoms with Gasteiger partial charge in [0.25, 0.3) is 0 Å². The summed E-state index contributed by atoms with van der Waals surface area (Å²) in [5.41, 5.74) is 1.55. The molecule has 2 heterocycles. The van der Waals surface area contributed by atoms with Crippen LogP contribution < -0.4 is 5.32 Å². The minimum atomic E-state index is 0.615. The Morgan fingerprint density at radius 1 is 1.32 bits per heavy atom. The number of likely N-dealkylation sites (N-methyl/N-ethyl adjacent to an activating group) is 1. The number of aromatic nitrogens is 1. The van der Waals surface area contributed by atoms with Gasteiger partial charge in [-0.15, -0.1) is 0 Å². The fraction of sp³-hybridized carbons (Fsp3) is 0.571. The number of nitriles is 1. The molecule has 0 atom stereocenters. The molecule has 5 nitrogen and oxygen atoms in total. The molecule has 0 unspecified atom stereocenters. The van der Waals surface area contributed by atoms with Gasteiger partial charge in [-0.05, 0) is 26.1 Å². The minimum absolute atomic E-state index is 0.615. The predicted octanol–water partition coefficient (Wildman–Crippen LogP) is 0.921. The molecule has 1 aliphatic heterocycles. The number of nitrogens with zero attached hydrogens (tertiary/aromatic N) is 4. The van der Waals surface area contributed by atoms with E-state index in [9.17, 15) is 0 Å². The highest BCUT2D eigenvalue weighted by molar-refractivity contribution is 5.52. The summed E-state index contributed by atoms with van der Waals surface area (Å²) in [6.45, 7) is 8.25. The van der Waals surface area contributed by atoms with E-state index in [4.69, 9.17) is 5.26 Å². The van der Waals surface area contributed by atoms with Crippen molar-refractivity contribution in [2.45, 2.75) is 6.92 Å². The maximum absolute atomic E-state index is 9.04. The number of piperazine rings is 1.